The number of nitrogens with one attached hydrogen (secondary N) is 2. The maximum Gasteiger partial charge on any atom is 0.341 e. The largest absolute Gasteiger partial charge is 0.493 e. The number of ether oxygens (including phenoxy) is 4. The average Bonchev–Trinajstić information content (AvgIpc) is 3.04. The molecule has 5 rings (SSSR count). The van der Waals surface area contributed by atoms with E-state index in [0.29, 0.717) is 48.1 Å². The Morgan fingerprint density at radius 3 is 2.50 bits per heavy atom. The van der Waals surface area contributed by atoms with E-state index in [1.54, 1.807) is 49.4 Å². The maximum atomic E-state index is 13.0. The number of hydrogen-bond donors (Lipinski definition) is 3. The highest BCUT2D eigenvalue weighted by molar-refractivity contribution is 7.92. The molecule has 4 aromatic carbocycles. The molecule has 244 valence electrons. The van der Waals surface area contributed by atoms with E-state index in [9.17, 15) is 18.3 Å². The van der Waals surface area contributed by atoms with Gasteiger partial charge in [-0.3, -0.25) is 4.72 Å². The molecule has 0 aromatic heterocycles. The van der Waals surface area contributed by atoms with Crippen molar-refractivity contribution in [3.05, 3.63) is 102 Å². The number of hydrogen-bond acceptors (Lipinski definition) is 9. The normalized spacial score (nSPS) is 13.6. The predicted molar refractivity (Wildman–Crippen MR) is 177 cm³/mol. The number of anilines is 1. The summed E-state index contributed by atoms with van der Waals surface area (Å²) >= 11 is 0. The minimum absolute atomic E-state index is 0. The average molecular weight is 649 g/mol. The van der Waals surface area contributed by atoms with Crippen LogP contribution in [0.15, 0.2) is 89.8 Å². The number of aliphatic hydroxyl groups is 1. The molecule has 11 heteroatoms. The Balaban J connectivity index is 0.00000480. The highest BCUT2D eigenvalue weighted by Crippen LogP contribution is 2.32. The van der Waals surface area contributed by atoms with Gasteiger partial charge in [0, 0.05) is 24.7 Å². The Labute approximate surface area is 270 Å². The summed E-state index contributed by atoms with van der Waals surface area (Å²) in [6, 6.07) is 24.5. The SMILES string of the molecule is C.CCOC(=O)c1ccc(-c2ccc(OCCNCC(O)c3ccc4cc3NS(=O)(=O)c3cccc(c3)CO4)cc2)cc1OCC. The molecule has 10 nitrogen and oxygen atoms in total. The third-order valence-electron chi connectivity index (χ3n) is 7.09. The fraction of sp³-hybridized carbons (Fsp3) is 0.286. The number of sulfonamides is 1. The van der Waals surface area contributed by atoms with Gasteiger partial charge in [-0.2, -0.15) is 0 Å². The van der Waals surface area contributed by atoms with Crippen LogP contribution in [0.2, 0.25) is 0 Å². The van der Waals surface area contributed by atoms with E-state index < -0.39 is 22.1 Å². The second kappa shape index (κ2) is 15.6. The van der Waals surface area contributed by atoms with Crippen LogP contribution < -0.4 is 24.2 Å². The molecule has 1 atom stereocenters. The van der Waals surface area contributed by atoms with Gasteiger partial charge in [0.2, 0.25) is 0 Å². The molecule has 3 N–H and O–H groups in total. The zero-order valence-corrected chi connectivity index (χ0v) is 25.9. The summed E-state index contributed by atoms with van der Waals surface area (Å²) < 4.78 is 51.1. The zero-order valence-electron chi connectivity index (χ0n) is 25.1. The lowest BCUT2D eigenvalue weighted by atomic mass is 10.0. The van der Waals surface area contributed by atoms with Crippen LogP contribution in [-0.2, 0) is 21.4 Å². The summed E-state index contributed by atoms with van der Waals surface area (Å²) in [5.41, 5.74) is 3.64. The van der Waals surface area contributed by atoms with E-state index in [0.717, 1.165) is 16.7 Å². The van der Waals surface area contributed by atoms with E-state index in [4.69, 9.17) is 18.9 Å². The van der Waals surface area contributed by atoms with Crippen LogP contribution in [0.25, 0.3) is 11.1 Å². The monoisotopic (exact) mass is 648 g/mol. The summed E-state index contributed by atoms with van der Waals surface area (Å²) in [4.78, 5) is 12.4. The van der Waals surface area contributed by atoms with Gasteiger partial charge in [-0.25, -0.2) is 13.2 Å². The molecule has 4 bridgehead atoms. The number of fused-ring (bicyclic) bond motifs is 4. The van der Waals surface area contributed by atoms with Crippen LogP contribution >= 0.6 is 0 Å². The maximum absolute atomic E-state index is 13.0. The van der Waals surface area contributed by atoms with Crippen LogP contribution in [0.4, 0.5) is 5.69 Å². The topological polar surface area (TPSA) is 132 Å². The smallest absolute Gasteiger partial charge is 0.341 e. The lowest BCUT2D eigenvalue weighted by Gasteiger charge is -2.20. The summed E-state index contributed by atoms with van der Waals surface area (Å²) in [5.74, 6) is 1.22. The Hall–Kier alpha value is -4.58. The van der Waals surface area contributed by atoms with E-state index in [2.05, 4.69) is 10.0 Å². The molecule has 4 aromatic rings. The number of esters is 1. The Bertz CT molecular complexity index is 1740. The van der Waals surface area contributed by atoms with Crippen molar-refractivity contribution in [2.75, 3.05) is 37.6 Å². The molecule has 0 saturated heterocycles. The zero-order chi connectivity index (χ0) is 31.8. The lowest BCUT2D eigenvalue weighted by molar-refractivity contribution is 0.0522. The minimum Gasteiger partial charge on any atom is -0.493 e. The highest BCUT2D eigenvalue weighted by atomic mass is 32.2. The lowest BCUT2D eigenvalue weighted by Crippen LogP contribution is -2.27. The predicted octanol–water partition coefficient (Wildman–Crippen LogP) is 5.96. The second-order valence-electron chi connectivity index (χ2n) is 10.2. The molecular formula is C35H40N2O8S. The fourth-order valence-electron chi connectivity index (χ4n) is 4.86. The third-order valence-corrected chi connectivity index (χ3v) is 8.46. The van der Waals surface area contributed by atoms with Gasteiger partial charge in [-0.1, -0.05) is 43.8 Å². The van der Waals surface area contributed by atoms with E-state index >= 15 is 0 Å². The first-order valence-electron chi connectivity index (χ1n) is 14.7. The summed E-state index contributed by atoms with van der Waals surface area (Å²) in [5, 5.41) is 14.1. The molecule has 1 unspecified atom stereocenters. The molecule has 0 aliphatic carbocycles. The van der Waals surface area contributed by atoms with E-state index in [1.807, 2.05) is 43.3 Å². The van der Waals surface area contributed by atoms with Gasteiger partial charge in [0.15, 0.2) is 0 Å². The van der Waals surface area contributed by atoms with Crippen molar-refractivity contribution in [3.63, 3.8) is 0 Å². The van der Waals surface area contributed by atoms with Gasteiger partial charge in [0.25, 0.3) is 10.0 Å². The molecule has 0 spiro atoms. The van der Waals surface area contributed by atoms with Crippen molar-refractivity contribution in [2.45, 2.75) is 38.9 Å². The summed E-state index contributed by atoms with van der Waals surface area (Å²) in [6.07, 6.45) is -0.984. The first kappa shape index (κ1) is 34.3. The molecule has 1 aliphatic rings. The Kier molecular flexibility index (Phi) is 11.6. The number of carbonyl (C=O) groups is 1. The van der Waals surface area contributed by atoms with Crippen molar-refractivity contribution in [1.82, 2.24) is 5.32 Å². The number of aliphatic hydroxyl groups excluding tert-OH is 1. The van der Waals surface area contributed by atoms with Gasteiger partial charge in [-0.05, 0) is 73.0 Å². The van der Waals surface area contributed by atoms with Gasteiger partial charge >= 0.3 is 5.97 Å². The minimum atomic E-state index is -3.85. The van der Waals surface area contributed by atoms with Crippen LogP contribution in [0.3, 0.4) is 0 Å². The third kappa shape index (κ3) is 8.36. The van der Waals surface area contributed by atoms with Crippen molar-refractivity contribution < 1.29 is 37.3 Å². The van der Waals surface area contributed by atoms with Crippen LogP contribution in [0.1, 0.15) is 48.9 Å². The van der Waals surface area contributed by atoms with Gasteiger partial charge < -0.3 is 29.4 Å². The quantitative estimate of drug-likeness (QED) is 0.126. The Morgan fingerprint density at radius 2 is 1.74 bits per heavy atom. The standard InChI is InChI=1S/C34H36N2O8S.CH4/c1-3-41-33-19-25(10-14-30(33)34(38)42-4-2)24-8-11-26(12-9-24)43-17-16-35-21-32(37)29-15-13-27-20-31(29)36-45(39,40)28-7-5-6-23(18-28)22-44-27;/h5-15,18-20,32,35-37H,3-4,16-17,21-22H2,1-2H3;1H4. The molecule has 0 amide bonds. The summed E-state index contributed by atoms with van der Waals surface area (Å²) in [6.45, 7) is 5.52. The number of benzene rings is 4. The number of carbonyl (C=O) groups excluding carboxylic acids is 1. The first-order valence-corrected chi connectivity index (χ1v) is 16.2. The second-order valence-corrected chi connectivity index (χ2v) is 11.9. The molecule has 0 radical (unpaired) electrons. The van der Waals surface area contributed by atoms with Crippen molar-refractivity contribution in [2.24, 2.45) is 0 Å². The molecule has 0 fully saturated rings. The number of rotatable bonds is 12. The van der Waals surface area contributed by atoms with Crippen molar-refractivity contribution >= 4 is 21.7 Å². The van der Waals surface area contributed by atoms with Crippen LogP contribution in [0, 0.1) is 0 Å². The summed E-state index contributed by atoms with van der Waals surface area (Å²) in [7, 11) is -3.85. The van der Waals surface area contributed by atoms with Crippen molar-refractivity contribution in [1.29, 1.82) is 0 Å². The van der Waals surface area contributed by atoms with Crippen molar-refractivity contribution in [3.8, 4) is 28.4 Å². The van der Waals surface area contributed by atoms with E-state index in [-0.39, 0.29) is 37.8 Å². The highest BCUT2D eigenvalue weighted by Gasteiger charge is 2.22. The van der Waals surface area contributed by atoms with Gasteiger partial charge in [-0.15, -0.1) is 0 Å². The first-order chi connectivity index (χ1) is 21.8. The van der Waals surface area contributed by atoms with E-state index in [1.165, 1.54) is 6.07 Å². The van der Waals surface area contributed by atoms with Crippen LogP contribution in [0.5, 0.6) is 17.2 Å². The fourth-order valence-corrected chi connectivity index (χ4v) is 6.01. The van der Waals surface area contributed by atoms with Crippen LogP contribution in [-0.4, -0.2) is 52.4 Å². The molecule has 1 aliphatic heterocycles. The molecule has 1 heterocycles. The molecule has 46 heavy (non-hydrogen) atoms. The molecule has 0 saturated carbocycles. The molecular weight excluding hydrogens is 608 g/mol. The Morgan fingerprint density at radius 1 is 0.957 bits per heavy atom. The van der Waals surface area contributed by atoms with Gasteiger partial charge in [0.1, 0.15) is 36.0 Å². The van der Waals surface area contributed by atoms with Gasteiger partial charge in [0.05, 0.1) is 29.9 Å².